The van der Waals surface area contributed by atoms with Crippen molar-refractivity contribution in [1.29, 1.82) is 0 Å². The van der Waals surface area contributed by atoms with Crippen LogP contribution in [0.3, 0.4) is 0 Å². The zero-order chi connectivity index (χ0) is 18.7. The number of nitrogens with one attached hydrogen (secondary N) is 1. The maximum atomic E-state index is 5.49. The van der Waals surface area contributed by atoms with Crippen LogP contribution in [-0.4, -0.2) is 62.6 Å². The fourth-order valence-electron chi connectivity index (χ4n) is 2.54. The van der Waals surface area contributed by atoms with E-state index in [1.165, 1.54) is 12.0 Å². The van der Waals surface area contributed by atoms with Crippen molar-refractivity contribution < 1.29 is 4.74 Å². The van der Waals surface area contributed by atoms with Gasteiger partial charge >= 0.3 is 0 Å². The van der Waals surface area contributed by atoms with Crippen molar-refractivity contribution in [3.8, 4) is 5.75 Å². The van der Waals surface area contributed by atoms with Crippen molar-refractivity contribution >= 4 is 29.9 Å². The quantitative estimate of drug-likeness (QED) is 0.241. The topological polar surface area (TPSA) is 40.1 Å². The van der Waals surface area contributed by atoms with Gasteiger partial charge < -0.3 is 19.9 Å². The summed E-state index contributed by atoms with van der Waals surface area (Å²) in [6, 6.07) is 8.87. The Balaban J connectivity index is 0.00000625. The molecule has 0 unspecified atom stereocenters. The molecule has 6 heteroatoms. The highest BCUT2D eigenvalue weighted by Crippen LogP contribution is 2.13. The van der Waals surface area contributed by atoms with E-state index in [0.29, 0.717) is 12.6 Å². The van der Waals surface area contributed by atoms with E-state index < -0.39 is 0 Å². The predicted octanol–water partition coefficient (Wildman–Crippen LogP) is 3.83. The van der Waals surface area contributed by atoms with Gasteiger partial charge in [0.05, 0.1) is 6.61 Å². The Morgan fingerprint density at radius 1 is 1.15 bits per heavy atom. The van der Waals surface area contributed by atoms with E-state index >= 15 is 0 Å². The molecule has 0 aliphatic rings. The third-order valence-corrected chi connectivity index (χ3v) is 4.33. The van der Waals surface area contributed by atoms with Crippen LogP contribution >= 0.6 is 24.0 Å². The van der Waals surface area contributed by atoms with E-state index in [-0.39, 0.29) is 24.0 Å². The molecule has 1 N–H and O–H groups in total. The summed E-state index contributed by atoms with van der Waals surface area (Å²) in [5.41, 5.74) is 1.24. The van der Waals surface area contributed by atoms with Gasteiger partial charge in [0.25, 0.3) is 0 Å². The van der Waals surface area contributed by atoms with E-state index in [2.05, 4.69) is 60.2 Å². The fraction of sp³-hybridized carbons (Fsp3) is 0.650. The number of hydrogen-bond donors (Lipinski definition) is 1. The van der Waals surface area contributed by atoms with Gasteiger partial charge in [-0.1, -0.05) is 12.1 Å². The van der Waals surface area contributed by atoms with Gasteiger partial charge in [0.15, 0.2) is 5.96 Å². The van der Waals surface area contributed by atoms with Crippen LogP contribution in [0.2, 0.25) is 0 Å². The molecule has 0 fully saturated rings. The maximum Gasteiger partial charge on any atom is 0.193 e. The van der Waals surface area contributed by atoms with Gasteiger partial charge in [-0.2, -0.15) is 0 Å². The first-order valence-electron chi connectivity index (χ1n) is 9.31. The van der Waals surface area contributed by atoms with Crippen molar-refractivity contribution in [3.05, 3.63) is 29.8 Å². The third kappa shape index (κ3) is 9.62. The number of nitrogens with zero attached hydrogens (tertiary/aromatic N) is 3. The Bertz CT molecular complexity index is 505. The van der Waals surface area contributed by atoms with Gasteiger partial charge in [0.1, 0.15) is 5.75 Å². The van der Waals surface area contributed by atoms with Crippen LogP contribution in [0.5, 0.6) is 5.75 Å². The Hall–Kier alpha value is -1.02. The second-order valence-electron chi connectivity index (χ2n) is 6.69. The first-order chi connectivity index (χ1) is 12.0. The molecule has 0 bridgehead atoms. The molecule has 0 heterocycles. The zero-order valence-corrected chi connectivity index (χ0v) is 19.6. The Kier molecular flexibility index (Phi) is 13.5. The van der Waals surface area contributed by atoms with Crippen LogP contribution in [-0.2, 0) is 6.54 Å². The van der Waals surface area contributed by atoms with E-state index in [9.17, 15) is 0 Å². The molecule has 5 nitrogen and oxygen atoms in total. The van der Waals surface area contributed by atoms with Gasteiger partial charge in [-0.15, -0.1) is 24.0 Å². The summed E-state index contributed by atoms with van der Waals surface area (Å²) in [6.07, 6.45) is 2.34. The van der Waals surface area contributed by atoms with Gasteiger partial charge in [-0.25, -0.2) is 0 Å². The maximum absolute atomic E-state index is 5.49. The molecule has 26 heavy (non-hydrogen) atoms. The molecule has 1 rings (SSSR count). The molecule has 0 spiro atoms. The number of ether oxygens (including phenoxy) is 1. The van der Waals surface area contributed by atoms with Gasteiger partial charge in [0.2, 0.25) is 0 Å². The molecule has 1 aromatic rings. The lowest BCUT2D eigenvalue weighted by molar-refractivity contribution is 0.268. The van der Waals surface area contributed by atoms with Crippen molar-refractivity contribution in [1.82, 2.24) is 15.1 Å². The molecule has 0 saturated carbocycles. The normalized spacial score (nSPS) is 11.5. The van der Waals surface area contributed by atoms with Crippen LogP contribution in [0.15, 0.2) is 29.3 Å². The predicted molar refractivity (Wildman–Crippen MR) is 123 cm³/mol. The zero-order valence-electron chi connectivity index (χ0n) is 17.3. The summed E-state index contributed by atoms with van der Waals surface area (Å²) in [7, 11) is 6.09. The van der Waals surface area contributed by atoms with Crippen molar-refractivity contribution in [2.24, 2.45) is 4.99 Å². The van der Waals surface area contributed by atoms with Crippen LogP contribution in [0.25, 0.3) is 0 Å². The number of hydrogen-bond acceptors (Lipinski definition) is 3. The summed E-state index contributed by atoms with van der Waals surface area (Å²) in [5, 5.41) is 3.46. The molecule has 0 amide bonds. The van der Waals surface area contributed by atoms with Crippen LogP contribution < -0.4 is 10.1 Å². The highest BCUT2D eigenvalue weighted by atomic mass is 127. The first-order valence-corrected chi connectivity index (χ1v) is 9.31. The summed E-state index contributed by atoms with van der Waals surface area (Å²) in [4.78, 5) is 8.92. The Morgan fingerprint density at radius 3 is 2.35 bits per heavy atom. The highest BCUT2D eigenvalue weighted by molar-refractivity contribution is 14.0. The molecule has 0 saturated heterocycles. The van der Waals surface area contributed by atoms with Crippen LogP contribution in [0.1, 0.15) is 39.2 Å². The van der Waals surface area contributed by atoms with Crippen LogP contribution in [0.4, 0.5) is 0 Å². The van der Waals surface area contributed by atoms with Gasteiger partial charge in [-0.05, 0) is 64.9 Å². The molecule has 0 aliphatic heterocycles. The van der Waals surface area contributed by atoms with Crippen LogP contribution in [0, 0.1) is 0 Å². The number of aliphatic imine (C=N–C) groups is 1. The SMILES string of the molecule is CCOc1ccc(CN(C)C(=NC)NCCCCN(C)C(C)C)cc1.I. The standard InChI is InChI=1S/C20H36N4O.HI/c1-7-25-19-12-10-18(11-13-19)16-24(6)20(21-4)22-14-8-9-15-23(5)17(2)3;/h10-13,17H,7-9,14-16H2,1-6H3,(H,21,22);1H. The minimum Gasteiger partial charge on any atom is -0.494 e. The summed E-state index contributed by atoms with van der Waals surface area (Å²) < 4.78 is 5.49. The Morgan fingerprint density at radius 2 is 1.81 bits per heavy atom. The minimum absolute atomic E-state index is 0. The molecule has 0 aromatic heterocycles. The smallest absolute Gasteiger partial charge is 0.193 e. The molecule has 0 atom stereocenters. The molecule has 150 valence electrons. The van der Waals surface area contributed by atoms with Crippen molar-refractivity contribution in [2.45, 2.75) is 46.2 Å². The second-order valence-corrected chi connectivity index (χ2v) is 6.69. The third-order valence-electron chi connectivity index (χ3n) is 4.33. The van der Waals surface area contributed by atoms with Crippen molar-refractivity contribution in [3.63, 3.8) is 0 Å². The van der Waals surface area contributed by atoms with E-state index in [1.54, 1.807) is 0 Å². The van der Waals surface area contributed by atoms with Crippen molar-refractivity contribution in [2.75, 3.05) is 40.8 Å². The average Bonchev–Trinajstić information content (AvgIpc) is 2.59. The minimum atomic E-state index is 0. The molecular formula is C20H37IN4O. The second kappa shape index (κ2) is 14.1. The number of rotatable bonds is 10. The monoisotopic (exact) mass is 476 g/mol. The number of benzene rings is 1. The summed E-state index contributed by atoms with van der Waals surface area (Å²) in [5.74, 6) is 1.86. The molecular weight excluding hydrogens is 439 g/mol. The largest absolute Gasteiger partial charge is 0.494 e. The Labute approximate surface area is 177 Å². The number of halogens is 1. The summed E-state index contributed by atoms with van der Waals surface area (Å²) in [6.45, 7) is 10.1. The van der Waals surface area contributed by atoms with Gasteiger partial charge in [0, 0.05) is 33.2 Å². The van der Waals surface area contributed by atoms with Gasteiger partial charge in [-0.3, -0.25) is 4.99 Å². The number of guanidine groups is 1. The lowest BCUT2D eigenvalue weighted by atomic mass is 10.2. The first kappa shape index (κ1) is 25.0. The lowest BCUT2D eigenvalue weighted by Crippen LogP contribution is -2.39. The van der Waals surface area contributed by atoms with E-state index in [0.717, 1.165) is 37.8 Å². The molecule has 0 radical (unpaired) electrons. The molecule has 1 aromatic carbocycles. The summed E-state index contributed by atoms with van der Waals surface area (Å²) >= 11 is 0. The molecule has 0 aliphatic carbocycles. The van der Waals surface area contributed by atoms with E-state index in [4.69, 9.17) is 4.74 Å². The number of unbranched alkanes of at least 4 members (excludes halogenated alkanes) is 1. The van der Waals surface area contributed by atoms with E-state index in [1.807, 2.05) is 26.1 Å². The average molecular weight is 476 g/mol. The lowest BCUT2D eigenvalue weighted by Gasteiger charge is -2.23. The fourth-order valence-corrected chi connectivity index (χ4v) is 2.54. The highest BCUT2D eigenvalue weighted by Gasteiger charge is 2.07.